The number of anilines is 1. The van der Waals surface area contributed by atoms with Gasteiger partial charge in [-0.3, -0.25) is 4.79 Å². The molecule has 13 heteroatoms. The number of amides is 1. The van der Waals surface area contributed by atoms with Gasteiger partial charge in [-0.25, -0.2) is 19.9 Å². The molecule has 4 heterocycles. The first-order valence-corrected chi connectivity index (χ1v) is 10.7. The maximum atomic E-state index is 13.0. The van der Waals surface area contributed by atoms with Crippen LogP contribution >= 0.6 is 11.6 Å². The second kappa shape index (κ2) is 10.8. The number of ether oxygens (including phenoxy) is 2. The Morgan fingerprint density at radius 3 is 2.83 bits per heavy atom. The average Bonchev–Trinajstić information content (AvgIpc) is 3.31. The van der Waals surface area contributed by atoms with Gasteiger partial charge in [0.05, 0.1) is 36.1 Å². The number of halogens is 1. The number of pyridine rings is 2. The molecule has 0 fully saturated rings. The highest BCUT2D eigenvalue weighted by atomic mass is 35.5. The van der Waals surface area contributed by atoms with Gasteiger partial charge < -0.3 is 19.9 Å². The van der Waals surface area contributed by atoms with Gasteiger partial charge in [0.15, 0.2) is 11.5 Å². The van der Waals surface area contributed by atoms with Crippen LogP contribution in [0, 0.1) is 11.3 Å². The molecule has 1 amide bonds. The minimum absolute atomic E-state index is 0.0847. The molecule has 4 aromatic rings. The van der Waals surface area contributed by atoms with Crippen LogP contribution in [0.4, 0.5) is 5.82 Å². The molecule has 0 bridgehead atoms. The first-order chi connectivity index (χ1) is 17.0. The van der Waals surface area contributed by atoms with E-state index >= 15 is 0 Å². The Bertz CT molecular complexity index is 1370. The Hall–Kier alpha value is -4.18. The van der Waals surface area contributed by atoms with Crippen molar-refractivity contribution >= 4 is 34.4 Å². The van der Waals surface area contributed by atoms with Gasteiger partial charge in [0, 0.05) is 12.4 Å². The van der Waals surface area contributed by atoms with Crippen LogP contribution in [0.5, 0.6) is 5.88 Å². The largest absolute Gasteiger partial charge is 0.461 e. The summed E-state index contributed by atoms with van der Waals surface area (Å²) in [7, 11) is 0. The van der Waals surface area contributed by atoms with E-state index in [1.807, 2.05) is 6.07 Å². The Morgan fingerprint density at radius 1 is 1.26 bits per heavy atom. The molecule has 2 N–H and O–H groups in total. The van der Waals surface area contributed by atoms with Gasteiger partial charge >= 0.3 is 0 Å². The lowest BCUT2D eigenvalue weighted by atomic mass is 10.3. The van der Waals surface area contributed by atoms with E-state index in [1.165, 1.54) is 35.5 Å². The van der Waals surface area contributed by atoms with Crippen LogP contribution in [-0.4, -0.2) is 66.2 Å². The number of nitrogens with zero attached hydrogens (tertiary/aromatic N) is 7. The molecule has 0 aliphatic heterocycles. The highest BCUT2D eigenvalue weighted by Crippen LogP contribution is 2.26. The monoisotopic (exact) mass is 494 g/mol. The Labute approximate surface area is 204 Å². The molecule has 0 aromatic carbocycles. The fourth-order valence-electron chi connectivity index (χ4n) is 2.95. The highest BCUT2D eigenvalue weighted by molar-refractivity contribution is 6.32. The van der Waals surface area contributed by atoms with Crippen molar-refractivity contribution in [1.29, 1.82) is 5.26 Å². The van der Waals surface area contributed by atoms with Gasteiger partial charge in [0.25, 0.3) is 5.91 Å². The molecule has 4 rings (SSSR count). The van der Waals surface area contributed by atoms with Crippen molar-refractivity contribution in [2.75, 3.05) is 18.5 Å². The maximum absolute atomic E-state index is 13.0. The number of hydrogen-bond acceptors (Lipinski definition) is 10. The standard InChI is InChI=1S/C22H19ClN8O4/c1-13(10-32)34-11-17(21(33)30-18-5-4-14(7-24)8-26-18)35-22-15-9-29-31(19(15)27-12-28-22)20-16(23)3-2-6-25-20/h2-6,8-9,12-13,17,32H,10-11H2,1H3,(H,26,30,33)/t13-,17-/m0/s1. The lowest BCUT2D eigenvalue weighted by molar-refractivity contribution is -0.127. The maximum Gasteiger partial charge on any atom is 0.269 e. The number of aromatic nitrogens is 6. The van der Waals surface area contributed by atoms with E-state index in [2.05, 4.69) is 30.4 Å². The molecule has 0 aliphatic rings. The lowest BCUT2D eigenvalue weighted by Gasteiger charge is -2.20. The van der Waals surface area contributed by atoms with Gasteiger partial charge in [-0.1, -0.05) is 11.6 Å². The number of carbonyl (C=O) groups excluding carboxylic acids is 1. The van der Waals surface area contributed by atoms with Gasteiger partial charge in [-0.05, 0) is 31.2 Å². The van der Waals surface area contributed by atoms with Crippen molar-refractivity contribution in [3.63, 3.8) is 0 Å². The number of nitrogens with one attached hydrogen (secondary N) is 1. The zero-order valence-corrected chi connectivity index (χ0v) is 19.1. The van der Waals surface area contributed by atoms with Gasteiger partial charge in [-0.2, -0.15) is 15.0 Å². The summed E-state index contributed by atoms with van der Waals surface area (Å²) < 4.78 is 12.9. The minimum atomic E-state index is -1.17. The second-order valence-electron chi connectivity index (χ2n) is 7.25. The molecule has 0 saturated heterocycles. The quantitative estimate of drug-likeness (QED) is 0.351. The van der Waals surface area contributed by atoms with E-state index in [4.69, 9.17) is 26.3 Å². The summed E-state index contributed by atoms with van der Waals surface area (Å²) in [5.74, 6) is 0.110. The van der Waals surface area contributed by atoms with E-state index < -0.39 is 18.1 Å². The molecule has 0 spiro atoms. The Balaban J connectivity index is 1.61. The molecule has 0 unspecified atom stereocenters. The third-order valence-electron chi connectivity index (χ3n) is 4.75. The van der Waals surface area contributed by atoms with Crippen molar-refractivity contribution in [2.24, 2.45) is 0 Å². The third kappa shape index (κ3) is 5.49. The molecule has 2 atom stereocenters. The molecule has 178 valence electrons. The van der Waals surface area contributed by atoms with E-state index in [0.29, 0.717) is 27.4 Å². The van der Waals surface area contributed by atoms with Crippen molar-refractivity contribution in [3.05, 3.63) is 59.8 Å². The van der Waals surface area contributed by atoms with Crippen LogP contribution in [0.3, 0.4) is 0 Å². The number of aliphatic hydroxyl groups is 1. The SMILES string of the molecule is C[C@@H](CO)OC[C@H](Oc1ncnc2c1cnn2-c1ncccc1Cl)C(=O)Nc1ccc(C#N)cn1. The van der Waals surface area contributed by atoms with E-state index in [-0.39, 0.29) is 24.9 Å². The summed E-state index contributed by atoms with van der Waals surface area (Å²) >= 11 is 6.25. The van der Waals surface area contributed by atoms with E-state index in [9.17, 15) is 9.90 Å². The second-order valence-corrected chi connectivity index (χ2v) is 7.65. The molecule has 4 aromatic heterocycles. The zero-order chi connectivity index (χ0) is 24.8. The van der Waals surface area contributed by atoms with Crippen LogP contribution in [0.15, 0.2) is 49.2 Å². The summed E-state index contributed by atoms with van der Waals surface area (Å²) in [6.45, 7) is 1.23. The number of hydrogen-bond donors (Lipinski definition) is 2. The summed E-state index contributed by atoms with van der Waals surface area (Å²) in [6.07, 6.45) is 3.96. The lowest BCUT2D eigenvalue weighted by Crippen LogP contribution is -2.38. The molecule has 0 radical (unpaired) electrons. The predicted molar refractivity (Wildman–Crippen MR) is 124 cm³/mol. The van der Waals surface area contributed by atoms with Gasteiger partial charge in [0.1, 0.15) is 23.6 Å². The van der Waals surface area contributed by atoms with Gasteiger partial charge in [0.2, 0.25) is 12.0 Å². The van der Waals surface area contributed by atoms with Gasteiger partial charge in [-0.15, -0.1) is 0 Å². The minimum Gasteiger partial charge on any atom is -0.461 e. The van der Waals surface area contributed by atoms with Crippen LogP contribution in [0.2, 0.25) is 5.02 Å². The molecule has 0 aliphatic carbocycles. The van der Waals surface area contributed by atoms with E-state index in [1.54, 1.807) is 25.3 Å². The van der Waals surface area contributed by atoms with Crippen molar-refractivity contribution in [2.45, 2.75) is 19.1 Å². The van der Waals surface area contributed by atoms with Crippen LogP contribution in [0.1, 0.15) is 12.5 Å². The molecular weight excluding hydrogens is 476 g/mol. The van der Waals surface area contributed by atoms with Crippen LogP contribution in [-0.2, 0) is 9.53 Å². The molecule has 35 heavy (non-hydrogen) atoms. The first kappa shape index (κ1) is 24.0. The smallest absolute Gasteiger partial charge is 0.269 e. The van der Waals surface area contributed by atoms with Crippen molar-refractivity contribution < 1.29 is 19.4 Å². The Kier molecular flexibility index (Phi) is 7.41. The Morgan fingerprint density at radius 2 is 2.11 bits per heavy atom. The fraction of sp³-hybridized carbons (Fsp3) is 0.227. The molecular formula is C22H19ClN8O4. The predicted octanol–water partition coefficient (Wildman–Crippen LogP) is 1.91. The highest BCUT2D eigenvalue weighted by Gasteiger charge is 2.25. The number of aliphatic hydroxyl groups excluding tert-OH is 1. The summed E-state index contributed by atoms with van der Waals surface area (Å²) in [5, 5.41) is 25.9. The summed E-state index contributed by atoms with van der Waals surface area (Å²) in [4.78, 5) is 29.7. The first-order valence-electron chi connectivity index (χ1n) is 10.4. The number of fused-ring (bicyclic) bond motifs is 1. The third-order valence-corrected chi connectivity index (χ3v) is 5.04. The van der Waals surface area contributed by atoms with Crippen LogP contribution in [0.25, 0.3) is 16.9 Å². The number of nitriles is 1. The number of rotatable bonds is 9. The summed E-state index contributed by atoms with van der Waals surface area (Å²) in [6, 6.07) is 8.34. The van der Waals surface area contributed by atoms with Crippen LogP contribution < -0.4 is 10.1 Å². The summed E-state index contributed by atoms with van der Waals surface area (Å²) in [5.41, 5.74) is 0.720. The zero-order valence-electron chi connectivity index (χ0n) is 18.4. The fourth-order valence-corrected chi connectivity index (χ4v) is 3.15. The topological polar surface area (TPSA) is 161 Å². The average molecular weight is 495 g/mol. The number of carbonyl (C=O) groups is 1. The van der Waals surface area contributed by atoms with E-state index in [0.717, 1.165) is 0 Å². The van der Waals surface area contributed by atoms with Crippen molar-refractivity contribution in [1.82, 2.24) is 29.7 Å². The molecule has 12 nitrogen and oxygen atoms in total. The van der Waals surface area contributed by atoms with Crippen molar-refractivity contribution in [3.8, 4) is 17.8 Å². The molecule has 0 saturated carbocycles. The normalized spacial score (nSPS) is 12.6.